The van der Waals surface area contributed by atoms with E-state index in [0.717, 1.165) is 25.0 Å². The summed E-state index contributed by atoms with van der Waals surface area (Å²) < 4.78 is 1.85. The maximum Gasteiger partial charge on any atom is 0.303 e. The van der Waals surface area contributed by atoms with Crippen LogP contribution in [-0.4, -0.2) is 33.3 Å². The third-order valence-corrected chi connectivity index (χ3v) is 3.49. The van der Waals surface area contributed by atoms with Crippen molar-refractivity contribution in [3.63, 3.8) is 0 Å². The smallest absolute Gasteiger partial charge is 0.303 e. The van der Waals surface area contributed by atoms with E-state index in [1.54, 1.807) is 6.20 Å². The first kappa shape index (κ1) is 18.2. The Morgan fingerprint density at radius 3 is 2.41 bits per heavy atom. The fourth-order valence-corrected chi connectivity index (χ4v) is 2.36. The normalized spacial score (nSPS) is 11.5. The highest BCUT2D eigenvalue weighted by molar-refractivity contribution is 5.95. The van der Waals surface area contributed by atoms with Crippen LogP contribution in [0.15, 0.2) is 6.20 Å². The second kappa shape index (κ2) is 7.96. The highest BCUT2D eigenvalue weighted by Crippen LogP contribution is 2.18. The predicted octanol–water partition coefficient (Wildman–Crippen LogP) is 2.71. The Kier molecular flexibility index (Phi) is 6.59. The van der Waals surface area contributed by atoms with E-state index in [1.165, 1.54) is 0 Å². The standard InChI is InChI=1S/C16H27N3O3/c1-12-13(11-18-19(12)16(2,3)4)15(22)17-10-8-6-5-7-9-14(20)21/h11H,5-10H2,1-4H3,(H,17,22)(H,20,21). The van der Waals surface area contributed by atoms with E-state index in [9.17, 15) is 9.59 Å². The molecule has 0 spiro atoms. The minimum Gasteiger partial charge on any atom is -0.481 e. The summed E-state index contributed by atoms with van der Waals surface area (Å²) >= 11 is 0. The first-order chi connectivity index (χ1) is 10.2. The summed E-state index contributed by atoms with van der Waals surface area (Å²) in [7, 11) is 0. The second-order valence-electron chi connectivity index (χ2n) is 6.54. The molecule has 0 saturated heterocycles. The SMILES string of the molecule is Cc1c(C(=O)NCCCCCCC(=O)O)cnn1C(C)(C)C. The molecule has 1 aromatic heterocycles. The quantitative estimate of drug-likeness (QED) is 0.723. The molecule has 124 valence electrons. The van der Waals surface area contributed by atoms with Crippen LogP contribution in [-0.2, 0) is 10.3 Å². The fourth-order valence-electron chi connectivity index (χ4n) is 2.36. The molecule has 0 aliphatic rings. The molecule has 1 rings (SSSR count). The number of hydrogen-bond acceptors (Lipinski definition) is 3. The monoisotopic (exact) mass is 309 g/mol. The number of aromatic nitrogens is 2. The number of amides is 1. The van der Waals surface area contributed by atoms with Gasteiger partial charge in [-0.15, -0.1) is 0 Å². The van der Waals surface area contributed by atoms with Crippen molar-refractivity contribution in [1.82, 2.24) is 15.1 Å². The highest BCUT2D eigenvalue weighted by atomic mass is 16.4. The van der Waals surface area contributed by atoms with Gasteiger partial charge in [0, 0.05) is 18.7 Å². The van der Waals surface area contributed by atoms with Crippen LogP contribution in [0.25, 0.3) is 0 Å². The van der Waals surface area contributed by atoms with Crippen LogP contribution in [0, 0.1) is 6.92 Å². The molecule has 0 saturated carbocycles. The zero-order valence-electron chi connectivity index (χ0n) is 14.0. The van der Waals surface area contributed by atoms with Crippen LogP contribution in [0.3, 0.4) is 0 Å². The minimum absolute atomic E-state index is 0.0986. The number of hydrogen-bond donors (Lipinski definition) is 2. The van der Waals surface area contributed by atoms with E-state index in [1.807, 2.05) is 32.4 Å². The number of carbonyl (C=O) groups excluding carboxylic acids is 1. The lowest BCUT2D eigenvalue weighted by Gasteiger charge is -2.21. The van der Waals surface area contributed by atoms with Gasteiger partial charge in [-0.05, 0) is 40.5 Å². The topological polar surface area (TPSA) is 84.2 Å². The minimum atomic E-state index is -0.750. The maximum absolute atomic E-state index is 12.1. The molecule has 2 N–H and O–H groups in total. The maximum atomic E-state index is 12.1. The van der Waals surface area contributed by atoms with E-state index < -0.39 is 5.97 Å². The van der Waals surface area contributed by atoms with Crippen LogP contribution in [0.5, 0.6) is 0 Å². The van der Waals surface area contributed by atoms with Crippen molar-refractivity contribution in [2.75, 3.05) is 6.54 Å². The van der Waals surface area contributed by atoms with Gasteiger partial charge >= 0.3 is 5.97 Å². The molecule has 0 aliphatic carbocycles. The van der Waals surface area contributed by atoms with Crippen molar-refractivity contribution in [1.29, 1.82) is 0 Å². The summed E-state index contributed by atoms with van der Waals surface area (Å²) in [5.74, 6) is -0.849. The summed E-state index contributed by atoms with van der Waals surface area (Å²) in [5.41, 5.74) is 1.33. The molecular weight excluding hydrogens is 282 g/mol. The Balaban J connectivity index is 2.35. The molecule has 1 amide bonds. The van der Waals surface area contributed by atoms with Gasteiger partial charge in [-0.25, -0.2) is 0 Å². The number of rotatable bonds is 8. The van der Waals surface area contributed by atoms with Gasteiger partial charge in [0.25, 0.3) is 5.91 Å². The average Bonchev–Trinajstić information content (AvgIpc) is 2.78. The Morgan fingerprint density at radius 1 is 1.23 bits per heavy atom. The van der Waals surface area contributed by atoms with Crippen LogP contribution < -0.4 is 5.32 Å². The van der Waals surface area contributed by atoms with Crippen molar-refractivity contribution >= 4 is 11.9 Å². The summed E-state index contributed by atoms with van der Waals surface area (Å²) in [5, 5.41) is 15.7. The lowest BCUT2D eigenvalue weighted by Crippen LogP contribution is -2.27. The number of carboxylic acid groups (broad SMARTS) is 1. The van der Waals surface area contributed by atoms with Crippen LogP contribution in [0.2, 0.25) is 0 Å². The van der Waals surface area contributed by atoms with Gasteiger partial charge in [0.05, 0.1) is 17.3 Å². The lowest BCUT2D eigenvalue weighted by atomic mass is 10.1. The third-order valence-electron chi connectivity index (χ3n) is 3.49. The summed E-state index contributed by atoms with van der Waals surface area (Å²) in [4.78, 5) is 22.5. The molecule has 0 atom stereocenters. The predicted molar refractivity (Wildman–Crippen MR) is 85.0 cm³/mol. The number of nitrogens with one attached hydrogen (secondary N) is 1. The van der Waals surface area contributed by atoms with Crippen molar-refractivity contribution < 1.29 is 14.7 Å². The van der Waals surface area contributed by atoms with E-state index in [2.05, 4.69) is 10.4 Å². The number of aliphatic carboxylic acids is 1. The van der Waals surface area contributed by atoms with Crippen molar-refractivity contribution in [2.24, 2.45) is 0 Å². The fraction of sp³-hybridized carbons (Fsp3) is 0.688. The highest BCUT2D eigenvalue weighted by Gasteiger charge is 2.21. The van der Waals surface area contributed by atoms with Gasteiger partial charge in [-0.1, -0.05) is 12.8 Å². The Morgan fingerprint density at radius 2 is 1.86 bits per heavy atom. The molecule has 6 nitrogen and oxygen atoms in total. The summed E-state index contributed by atoms with van der Waals surface area (Å²) in [6, 6.07) is 0. The number of carbonyl (C=O) groups is 2. The Bertz CT molecular complexity index is 515. The molecule has 0 aliphatic heterocycles. The van der Waals surface area contributed by atoms with Crippen molar-refractivity contribution in [2.45, 2.75) is 65.3 Å². The van der Waals surface area contributed by atoms with Gasteiger partial charge in [0.1, 0.15) is 0 Å². The van der Waals surface area contributed by atoms with Gasteiger partial charge < -0.3 is 10.4 Å². The van der Waals surface area contributed by atoms with Gasteiger partial charge in [0.15, 0.2) is 0 Å². The van der Waals surface area contributed by atoms with E-state index in [-0.39, 0.29) is 17.9 Å². The number of carboxylic acids is 1. The molecule has 0 fully saturated rings. The third kappa shape index (κ3) is 5.50. The zero-order chi connectivity index (χ0) is 16.8. The Labute approximate surface area is 131 Å². The zero-order valence-corrected chi connectivity index (χ0v) is 14.0. The van der Waals surface area contributed by atoms with Crippen molar-refractivity contribution in [3.8, 4) is 0 Å². The van der Waals surface area contributed by atoms with Gasteiger partial charge in [-0.3, -0.25) is 14.3 Å². The van der Waals surface area contributed by atoms with E-state index in [0.29, 0.717) is 18.5 Å². The van der Waals surface area contributed by atoms with Gasteiger partial charge in [0.2, 0.25) is 0 Å². The largest absolute Gasteiger partial charge is 0.481 e. The lowest BCUT2D eigenvalue weighted by molar-refractivity contribution is -0.137. The average molecular weight is 309 g/mol. The number of nitrogens with zero attached hydrogens (tertiary/aromatic N) is 2. The summed E-state index contributed by atoms with van der Waals surface area (Å²) in [6.45, 7) is 8.65. The van der Waals surface area contributed by atoms with Crippen LogP contribution >= 0.6 is 0 Å². The second-order valence-corrected chi connectivity index (χ2v) is 6.54. The molecule has 6 heteroatoms. The van der Waals surface area contributed by atoms with Gasteiger partial charge in [-0.2, -0.15) is 5.10 Å². The van der Waals surface area contributed by atoms with E-state index >= 15 is 0 Å². The summed E-state index contributed by atoms with van der Waals surface area (Å²) in [6.07, 6.45) is 5.19. The van der Waals surface area contributed by atoms with Crippen LogP contribution in [0.4, 0.5) is 0 Å². The first-order valence-electron chi connectivity index (χ1n) is 7.78. The molecule has 0 unspecified atom stereocenters. The molecule has 1 heterocycles. The molecular formula is C16H27N3O3. The number of unbranched alkanes of at least 4 members (excludes halogenated alkanes) is 3. The molecule has 1 aromatic rings. The molecule has 0 bridgehead atoms. The molecule has 0 radical (unpaired) electrons. The Hall–Kier alpha value is -1.85. The van der Waals surface area contributed by atoms with Crippen LogP contribution in [0.1, 0.15) is 68.9 Å². The molecule has 22 heavy (non-hydrogen) atoms. The molecule has 0 aromatic carbocycles. The van der Waals surface area contributed by atoms with Crippen molar-refractivity contribution in [3.05, 3.63) is 17.5 Å². The first-order valence-corrected chi connectivity index (χ1v) is 7.78. The van der Waals surface area contributed by atoms with E-state index in [4.69, 9.17) is 5.11 Å².